The van der Waals surface area contributed by atoms with Crippen molar-refractivity contribution in [3.63, 3.8) is 0 Å². The van der Waals surface area contributed by atoms with Crippen molar-refractivity contribution in [1.82, 2.24) is 24.1 Å². The van der Waals surface area contributed by atoms with Crippen molar-refractivity contribution < 1.29 is 0 Å². The highest BCUT2D eigenvalue weighted by atomic mass is 15.1. The molecule has 9 aromatic carbocycles. The van der Waals surface area contributed by atoms with E-state index in [0.717, 1.165) is 21.5 Å². The monoisotopic (exact) mass is 1040 g/mol. The lowest BCUT2D eigenvalue weighted by Gasteiger charge is -2.20. The topological polar surface area (TPSA) is 263 Å². The molecule has 0 radical (unpaired) electrons. The maximum atomic E-state index is 11.4. The van der Waals surface area contributed by atoms with Crippen LogP contribution in [0.4, 0.5) is 0 Å². The van der Waals surface area contributed by atoms with E-state index in [1.54, 1.807) is 92.7 Å². The molecule has 12 aromatic rings. The third-order valence-electron chi connectivity index (χ3n) is 14.7. The van der Waals surface area contributed by atoms with Crippen LogP contribution in [0.15, 0.2) is 158 Å². The molecule has 0 aliphatic carbocycles. The van der Waals surface area contributed by atoms with Crippen LogP contribution in [0.25, 0.3) is 111 Å². The Kier molecular flexibility index (Phi) is 12.1. The molecule has 0 spiro atoms. The van der Waals surface area contributed by atoms with Gasteiger partial charge in [0.25, 0.3) is 0 Å². The predicted octanol–water partition coefficient (Wildman–Crippen LogP) is 13.9. The summed E-state index contributed by atoms with van der Waals surface area (Å²) >= 11 is 0. The molecule has 12 rings (SSSR count). The Bertz CT molecular complexity index is 4980. The van der Waals surface area contributed by atoms with Gasteiger partial charge in [-0.05, 0) is 143 Å². The zero-order valence-electron chi connectivity index (χ0n) is 43.3. The molecule has 0 bridgehead atoms. The number of aromatic nitrogens is 5. The van der Waals surface area contributed by atoms with Gasteiger partial charge in [0.2, 0.25) is 0 Å². The summed E-state index contributed by atoms with van der Waals surface area (Å²) in [4.78, 5) is 14.0. The van der Waals surface area contributed by atoms with Gasteiger partial charge in [0.1, 0.15) is 11.6 Å². The van der Waals surface area contributed by atoms with Crippen LogP contribution < -0.4 is 0 Å². The van der Waals surface area contributed by atoms with E-state index in [0.29, 0.717) is 117 Å². The molecule has 0 unspecified atom stereocenters. The molecule has 3 heterocycles. The fourth-order valence-electron chi connectivity index (χ4n) is 11.0. The van der Waals surface area contributed by atoms with Gasteiger partial charge in [-0.3, -0.25) is 0 Å². The molecular formula is C68H32N14. The van der Waals surface area contributed by atoms with E-state index < -0.39 is 0 Å². The molecule has 0 aliphatic rings. The molecule has 0 saturated carbocycles. The van der Waals surface area contributed by atoms with E-state index in [9.17, 15) is 47.4 Å². The number of aryl methyl sites for hydroxylation is 2. The lowest BCUT2D eigenvalue weighted by Crippen LogP contribution is -2.07. The second-order valence-corrected chi connectivity index (χ2v) is 19.3. The summed E-state index contributed by atoms with van der Waals surface area (Å²) in [5, 5.41) is 95.8. The third kappa shape index (κ3) is 8.17. The Hall–Kier alpha value is -13.0. The van der Waals surface area contributed by atoms with Gasteiger partial charge in [0, 0.05) is 27.1 Å². The summed E-state index contributed by atoms with van der Waals surface area (Å²) in [6.07, 6.45) is 0. The maximum absolute atomic E-state index is 11.4. The lowest BCUT2D eigenvalue weighted by molar-refractivity contribution is 0.927. The first-order chi connectivity index (χ1) is 40.0. The molecule has 0 fully saturated rings. The highest BCUT2D eigenvalue weighted by Gasteiger charge is 2.26. The van der Waals surface area contributed by atoms with Crippen LogP contribution in [0.5, 0.6) is 0 Å². The van der Waals surface area contributed by atoms with E-state index in [2.05, 4.69) is 64.2 Å². The Morgan fingerprint density at radius 3 is 0.841 bits per heavy atom. The van der Waals surface area contributed by atoms with E-state index >= 15 is 0 Å². The summed E-state index contributed by atoms with van der Waals surface area (Å²) < 4.78 is 4.11. The Labute approximate surface area is 468 Å². The second kappa shape index (κ2) is 19.9. The number of nitriles is 9. The van der Waals surface area contributed by atoms with Gasteiger partial charge in [0.15, 0.2) is 5.82 Å². The van der Waals surface area contributed by atoms with Gasteiger partial charge in [-0.2, -0.15) is 47.4 Å². The van der Waals surface area contributed by atoms with Gasteiger partial charge in [-0.25, -0.2) is 15.0 Å². The fourth-order valence-corrected chi connectivity index (χ4v) is 11.0. The largest absolute Gasteiger partial charge is 0.307 e. The van der Waals surface area contributed by atoms with Gasteiger partial charge < -0.3 is 9.13 Å². The quantitative estimate of drug-likeness (QED) is 0.144. The smallest absolute Gasteiger partial charge is 0.164 e. The molecule has 82 heavy (non-hydrogen) atoms. The molecule has 0 saturated heterocycles. The minimum Gasteiger partial charge on any atom is -0.307 e. The van der Waals surface area contributed by atoms with Crippen molar-refractivity contribution in [2.24, 2.45) is 0 Å². The molecule has 0 atom stereocenters. The van der Waals surface area contributed by atoms with E-state index in [1.807, 2.05) is 83.4 Å². The summed E-state index contributed by atoms with van der Waals surface area (Å²) in [7, 11) is 0. The SMILES string of the molecule is Cc1nc(C)nc(-c2cc(-n3c4cc(-c5ccc(C#N)cc5C#N)ccc4c4ccc(-c5ccc(C#N)cc5C#N)cc43)c(-n3c4cc(-c5ccc(C#N)cc5C#N)ccc4c4ccc(-c5ccc(C#N)cc5C#N)cc43)cc2C#N)n1. The molecule has 0 aliphatic heterocycles. The maximum Gasteiger partial charge on any atom is 0.164 e. The van der Waals surface area contributed by atoms with E-state index in [-0.39, 0.29) is 33.6 Å². The number of benzene rings is 9. The standard InChI is InChI=1S/C68H32N14/c1-38-78-39(2)80-68(79-38)61-28-67(82-64-25-46(55-13-5-42(31-71)21-50(55)35-75)9-17-59(64)60-18-10-47(26-65(60)82)56-14-6-43(32-72)22-51(56)36-76)66(27-52(61)37-77)81-62-23-44(53-11-3-40(29-69)19-48(53)33-73)7-15-57(62)58-16-8-45(24-63(58)81)54-12-4-41(30-70)20-49(54)34-74/h3-28H,1-2H3. The Balaban J connectivity index is 1.28. The van der Waals surface area contributed by atoms with Gasteiger partial charge in [-0.1, -0.05) is 72.8 Å². The Morgan fingerprint density at radius 2 is 0.561 bits per heavy atom. The second-order valence-electron chi connectivity index (χ2n) is 19.3. The van der Waals surface area contributed by atoms with Gasteiger partial charge >= 0.3 is 0 Å². The van der Waals surface area contributed by atoms with Crippen LogP contribution in [0.3, 0.4) is 0 Å². The summed E-state index contributed by atoms with van der Waals surface area (Å²) in [6.45, 7) is 3.49. The molecular weight excluding hydrogens is 1010 g/mol. The zero-order valence-corrected chi connectivity index (χ0v) is 43.3. The number of hydrogen-bond acceptors (Lipinski definition) is 12. The first-order valence-corrected chi connectivity index (χ1v) is 25.3. The number of rotatable bonds is 7. The molecule has 14 heteroatoms. The van der Waals surface area contributed by atoms with Crippen LogP contribution in [-0.4, -0.2) is 24.1 Å². The number of fused-ring (bicyclic) bond motifs is 6. The average molecular weight is 1050 g/mol. The Morgan fingerprint density at radius 1 is 0.280 bits per heavy atom. The molecule has 14 nitrogen and oxygen atoms in total. The van der Waals surface area contributed by atoms with Crippen molar-refractivity contribution >= 4 is 43.6 Å². The fraction of sp³-hybridized carbons (Fsp3) is 0.0294. The van der Waals surface area contributed by atoms with Crippen LogP contribution >= 0.6 is 0 Å². The van der Waals surface area contributed by atoms with E-state index in [4.69, 9.17) is 9.97 Å². The van der Waals surface area contributed by atoms with Crippen molar-refractivity contribution in [2.45, 2.75) is 13.8 Å². The van der Waals surface area contributed by atoms with Crippen LogP contribution in [0.2, 0.25) is 0 Å². The first kappa shape index (κ1) is 49.9. The van der Waals surface area contributed by atoms with Crippen molar-refractivity contribution in [2.75, 3.05) is 0 Å². The first-order valence-electron chi connectivity index (χ1n) is 25.3. The van der Waals surface area contributed by atoms with E-state index in [1.165, 1.54) is 0 Å². The van der Waals surface area contributed by atoms with Crippen LogP contribution in [-0.2, 0) is 0 Å². The highest BCUT2D eigenvalue weighted by molar-refractivity contribution is 6.14. The number of nitrogens with zero attached hydrogens (tertiary/aromatic N) is 14. The van der Waals surface area contributed by atoms with Crippen molar-refractivity contribution in [3.05, 3.63) is 219 Å². The summed E-state index contributed by atoms with van der Waals surface area (Å²) in [6, 6.07) is 67.0. The summed E-state index contributed by atoms with van der Waals surface area (Å²) in [5.41, 5.74) is 11.6. The van der Waals surface area contributed by atoms with Crippen LogP contribution in [0, 0.1) is 116 Å². The molecule has 0 amide bonds. The molecule has 3 aromatic heterocycles. The average Bonchev–Trinajstić information content (AvgIpc) is 2.51. The number of hydrogen-bond donors (Lipinski definition) is 0. The normalized spacial score (nSPS) is 10.7. The van der Waals surface area contributed by atoms with Crippen LogP contribution in [0.1, 0.15) is 61.7 Å². The molecule has 0 N–H and O–H groups in total. The van der Waals surface area contributed by atoms with Gasteiger partial charge in [-0.15, -0.1) is 0 Å². The summed E-state index contributed by atoms with van der Waals surface area (Å²) in [5.74, 6) is 1.10. The third-order valence-corrected chi connectivity index (χ3v) is 14.7. The minimum atomic E-state index is 0.207. The lowest BCUT2D eigenvalue weighted by atomic mass is 9.96. The van der Waals surface area contributed by atoms with Gasteiger partial charge in [0.05, 0.1) is 138 Å². The zero-order chi connectivity index (χ0) is 56.9. The van der Waals surface area contributed by atoms with Crippen molar-refractivity contribution in [1.29, 1.82) is 47.4 Å². The highest BCUT2D eigenvalue weighted by Crippen LogP contribution is 2.45. The van der Waals surface area contributed by atoms with Crippen molar-refractivity contribution in [3.8, 4) is 122 Å². The minimum absolute atomic E-state index is 0.207. The predicted molar refractivity (Wildman–Crippen MR) is 308 cm³/mol. The molecule has 374 valence electrons.